The minimum Gasteiger partial charge on any atom is -0.287 e. The van der Waals surface area contributed by atoms with E-state index in [1.807, 2.05) is 11.4 Å². The molecule has 2 aromatic heterocycles. The molecule has 0 saturated heterocycles. The number of allylic oxidation sites excluding steroid dienone is 1. The fraction of sp³-hybridized carbons (Fsp3) is 0.0909. The third kappa shape index (κ3) is 2.68. The average molecular weight is 297 g/mol. The maximum Gasteiger partial charge on any atom is 0.206 e. The molecule has 0 saturated carbocycles. The number of carbonyl (C=O) groups excluding carboxylic acids is 1. The van der Waals surface area contributed by atoms with Crippen molar-refractivity contribution in [3.8, 4) is 0 Å². The summed E-state index contributed by atoms with van der Waals surface area (Å²) in [5.41, 5.74) is 0.467. The second kappa shape index (κ2) is 4.76. The Morgan fingerprint density at radius 3 is 3.00 bits per heavy atom. The van der Waals surface area contributed by atoms with Gasteiger partial charge in [-0.05, 0) is 40.2 Å². The molecule has 0 spiro atoms. The number of nitrogens with zero attached hydrogens (tertiary/aromatic N) is 2. The Hall–Kier alpha value is -1.20. The van der Waals surface area contributed by atoms with E-state index in [1.165, 1.54) is 0 Å². The monoisotopic (exact) mass is 296 g/mol. The van der Waals surface area contributed by atoms with Gasteiger partial charge in [-0.1, -0.05) is 0 Å². The highest BCUT2D eigenvalue weighted by Crippen LogP contribution is 2.20. The Bertz CT molecular complexity index is 542. The summed E-state index contributed by atoms with van der Waals surface area (Å²) in [6, 6.07) is 3.67. The van der Waals surface area contributed by atoms with Crippen LogP contribution in [0.15, 0.2) is 34.3 Å². The van der Waals surface area contributed by atoms with Gasteiger partial charge in [-0.15, -0.1) is 11.3 Å². The van der Waals surface area contributed by atoms with E-state index in [0.29, 0.717) is 5.69 Å². The first kappa shape index (κ1) is 11.3. The van der Waals surface area contributed by atoms with E-state index in [2.05, 4.69) is 21.0 Å². The fourth-order valence-corrected chi connectivity index (χ4v) is 2.54. The number of rotatable bonds is 3. The molecule has 2 rings (SSSR count). The van der Waals surface area contributed by atoms with Gasteiger partial charge in [0.15, 0.2) is 0 Å². The van der Waals surface area contributed by atoms with E-state index in [0.717, 1.165) is 9.35 Å². The standard InChI is InChI=1S/C11H9BrN2OS/c1-14-5-4-10(13-14)11(15)3-2-9-6-8(12)7-16-9/h2-7H,1H3/b3-2+. The van der Waals surface area contributed by atoms with E-state index >= 15 is 0 Å². The molecule has 0 fully saturated rings. The molecular weight excluding hydrogens is 288 g/mol. The summed E-state index contributed by atoms with van der Waals surface area (Å²) in [6.45, 7) is 0. The summed E-state index contributed by atoms with van der Waals surface area (Å²) in [6.07, 6.45) is 5.09. The number of halogens is 1. The molecule has 0 aliphatic heterocycles. The maximum absolute atomic E-state index is 11.7. The van der Waals surface area contributed by atoms with Crippen molar-refractivity contribution in [1.29, 1.82) is 0 Å². The van der Waals surface area contributed by atoms with Gasteiger partial charge >= 0.3 is 0 Å². The van der Waals surface area contributed by atoms with Crippen LogP contribution < -0.4 is 0 Å². The molecule has 0 aromatic carbocycles. The van der Waals surface area contributed by atoms with E-state index in [9.17, 15) is 4.79 Å². The first-order valence-electron chi connectivity index (χ1n) is 4.61. The molecule has 3 nitrogen and oxygen atoms in total. The SMILES string of the molecule is Cn1ccc(C(=O)/C=C/c2cc(Br)cs2)n1. The zero-order valence-corrected chi connectivity index (χ0v) is 11.0. The third-order valence-electron chi connectivity index (χ3n) is 1.95. The van der Waals surface area contributed by atoms with Gasteiger partial charge in [0.05, 0.1) is 0 Å². The van der Waals surface area contributed by atoms with E-state index in [4.69, 9.17) is 0 Å². The van der Waals surface area contributed by atoms with Crippen molar-refractivity contribution in [3.63, 3.8) is 0 Å². The summed E-state index contributed by atoms with van der Waals surface area (Å²) >= 11 is 4.94. The van der Waals surface area contributed by atoms with Crippen molar-refractivity contribution in [2.75, 3.05) is 0 Å². The molecule has 16 heavy (non-hydrogen) atoms. The zero-order chi connectivity index (χ0) is 11.5. The summed E-state index contributed by atoms with van der Waals surface area (Å²) in [5, 5.41) is 6.02. The van der Waals surface area contributed by atoms with Crippen LogP contribution in [0.25, 0.3) is 6.08 Å². The van der Waals surface area contributed by atoms with E-state index < -0.39 is 0 Å². The normalized spacial score (nSPS) is 11.1. The zero-order valence-electron chi connectivity index (χ0n) is 8.55. The van der Waals surface area contributed by atoms with E-state index in [1.54, 1.807) is 47.5 Å². The van der Waals surface area contributed by atoms with Gasteiger partial charge in [0.25, 0.3) is 0 Å². The smallest absolute Gasteiger partial charge is 0.206 e. The molecule has 0 bridgehead atoms. The first-order valence-corrected chi connectivity index (χ1v) is 6.28. The average Bonchev–Trinajstić information content (AvgIpc) is 2.84. The summed E-state index contributed by atoms with van der Waals surface area (Å²) < 4.78 is 2.64. The lowest BCUT2D eigenvalue weighted by atomic mass is 10.2. The minimum atomic E-state index is -0.0786. The number of aryl methyl sites for hydroxylation is 1. The number of aromatic nitrogens is 2. The molecule has 0 aliphatic carbocycles. The predicted molar refractivity (Wildman–Crippen MR) is 68.6 cm³/mol. The Labute approximate surface area is 106 Å². The highest BCUT2D eigenvalue weighted by atomic mass is 79.9. The van der Waals surface area contributed by atoms with Gasteiger partial charge in [-0.3, -0.25) is 9.48 Å². The third-order valence-corrected chi connectivity index (χ3v) is 3.61. The van der Waals surface area contributed by atoms with Crippen molar-refractivity contribution in [1.82, 2.24) is 9.78 Å². The molecule has 5 heteroatoms. The Morgan fingerprint density at radius 2 is 2.44 bits per heavy atom. The summed E-state index contributed by atoms with van der Waals surface area (Å²) in [5.74, 6) is -0.0786. The Kier molecular flexibility index (Phi) is 3.36. The second-order valence-corrected chi connectivity index (χ2v) is 5.10. The van der Waals surface area contributed by atoms with Crippen LogP contribution in [0.3, 0.4) is 0 Å². The lowest BCUT2D eigenvalue weighted by Gasteiger charge is -1.87. The molecule has 0 aliphatic rings. The van der Waals surface area contributed by atoms with Gasteiger partial charge < -0.3 is 0 Å². The molecule has 0 atom stereocenters. The molecular formula is C11H9BrN2OS. The molecule has 0 radical (unpaired) electrons. The van der Waals surface area contributed by atoms with Crippen LogP contribution in [-0.4, -0.2) is 15.6 Å². The highest BCUT2D eigenvalue weighted by Gasteiger charge is 2.04. The van der Waals surface area contributed by atoms with Crippen LogP contribution in [0.5, 0.6) is 0 Å². The van der Waals surface area contributed by atoms with Crippen LogP contribution in [0.1, 0.15) is 15.4 Å². The molecule has 0 amide bonds. The van der Waals surface area contributed by atoms with E-state index in [-0.39, 0.29) is 5.78 Å². The van der Waals surface area contributed by atoms with Gasteiger partial charge in [0.1, 0.15) is 5.69 Å². The van der Waals surface area contributed by atoms with Crippen molar-refractivity contribution in [2.45, 2.75) is 0 Å². The van der Waals surface area contributed by atoms with Crippen LogP contribution in [-0.2, 0) is 7.05 Å². The van der Waals surface area contributed by atoms with Crippen LogP contribution in [0.4, 0.5) is 0 Å². The van der Waals surface area contributed by atoms with Crippen LogP contribution in [0.2, 0.25) is 0 Å². The minimum absolute atomic E-state index is 0.0786. The van der Waals surface area contributed by atoms with Crippen LogP contribution >= 0.6 is 27.3 Å². The maximum atomic E-state index is 11.7. The number of hydrogen-bond acceptors (Lipinski definition) is 3. The van der Waals surface area contributed by atoms with Gasteiger partial charge in [-0.25, -0.2) is 0 Å². The van der Waals surface area contributed by atoms with Gasteiger partial charge in [0.2, 0.25) is 5.78 Å². The molecule has 0 N–H and O–H groups in total. The number of carbonyl (C=O) groups is 1. The molecule has 2 heterocycles. The van der Waals surface area contributed by atoms with Gasteiger partial charge in [0, 0.05) is 28.0 Å². The molecule has 2 aromatic rings. The second-order valence-electron chi connectivity index (χ2n) is 3.24. The largest absolute Gasteiger partial charge is 0.287 e. The Morgan fingerprint density at radius 1 is 1.62 bits per heavy atom. The number of hydrogen-bond donors (Lipinski definition) is 0. The van der Waals surface area contributed by atoms with Gasteiger partial charge in [-0.2, -0.15) is 5.10 Å². The first-order chi connectivity index (χ1) is 7.65. The highest BCUT2D eigenvalue weighted by molar-refractivity contribution is 9.10. The topological polar surface area (TPSA) is 34.9 Å². The molecule has 82 valence electrons. The van der Waals surface area contributed by atoms with Crippen LogP contribution in [0, 0.1) is 0 Å². The number of ketones is 1. The quantitative estimate of drug-likeness (QED) is 0.644. The lowest BCUT2D eigenvalue weighted by Crippen LogP contribution is -1.97. The van der Waals surface area contributed by atoms with Crippen molar-refractivity contribution < 1.29 is 4.79 Å². The van der Waals surface area contributed by atoms with Crippen molar-refractivity contribution in [3.05, 3.63) is 44.8 Å². The van der Waals surface area contributed by atoms with Crippen molar-refractivity contribution >= 4 is 39.1 Å². The Balaban J connectivity index is 2.10. The summed E-state index contributed by atoms with van der Waals surface area (Å²) in [7, 11) is 1.79. The fourth-order valence-electron chi connectivity index (χ4n) is 1.21. The summed E-state index contributed by atoms with van der Waals surface area (Å²) in [4.78, 5) is 12.7. The van der Waals surface area contributed by atoms with Crippen molar-refractivity contribution in [2.24, 2.45) is 7.05 Å². The number of thiophene rings is 1. The predicted octanol–water partition coefficient (Wildman–Crippen LogP) is 3.14. The lowest BCUT2D eigenvalue weighted by molar-refractivity contribution is 0.104. The molecule has 0 unspecified atom stereocenters.